The first kappa shape index (κ1) is 27.1. The molecule has 3 rings (SSSR count). The second kappa shape index (κ2) is 12.0. The lowest BCUT2D eigenvalue weighted by molar-refractivity contribution is -0.114. The SMILES string of the molecule is CCOc1ccccc1N(CC(=O)Nc1cc(C(=O)OC)ccc1C)S(=O)(=O)c1ccc(SC)cc1. The molecule has 0 bridgehead atoms. The van der Waals surface area contributed by atoms with Crippen LogP contribution in [0.25, 0.3) is 0 Å². The maximum Gasteiger partial charge on any atom is 0.337 e. The third-order valence-electron chi connectivity index (χ3n) is 5.30. The molecule has 3 aromatic carbocycles. The number of nitrogens with one attached hydrogen (secondary N) is 1. The highest BCUT2D eigenvalue weighted by molar-refractivity contribution is 7.98. The summed E-state index contributed by atoms with van der Waals surface area (Å²) >= 11 is 1.49. The van der Waals surface area contributed by atoms with Gasteiger partial charge < -0.3 is 14.8 Å². The molecule has 3 aromatic rings. The lowest BCUT2D eigenvalue weighted by atomic mass is 10.1. The highest BCUT2D eigenvalue weighted by Gasteiger charge is 2.29. The average molecular weight is 529 g/mol. The van der Waals surface area contributed by atoms with Crippen LogP contribution >= 0.6 is 11.8 Å². The predicted octanol–water partition coefficient (Wildman–Crippen LogP) is 4.74. The maximum absolute atomic E-state index is 13.7. The van der Waals surface area contributed by atoms with Crippen molar-refractivity contribution in [2.24, 2.45) is 0 Å². The molecule has 1 N–H and O–H groups in total. The Balaban J connectivity index is 2.00. The van der Waals surface area contributed by atoms with Crippen LogP contribution in [-0.4, -0.2) is 46.8 Å². The minimum atomic E-state index is -4.13. The van der Waals surface area contributed by atoms with Crippen molar-refractivity contribution in [1.82, 2.24) is 0 Å². The molecule has 36 heavy (non-hydrogen) atoms. The Morgan fingerprint density at radius 3 is 2.36 bits per heavy atom. The van der Waals surface area contributed by atoms with Gasteiger partial charge in [-0.15, -0.1) is 11.8 Å². The largest absolute Gasteiger partial charge is 0.492 e. The van der Waals surface area contributed by atoms with Gasteiger partial charge in [-0.25, -0.2) is 13.2 Å². The molecule has 8 nitrogen and oxygen atoms in total. The van der Waals surface area contributed by atoms with Crippen molar-refractivity contribution in [1.29, 1.82) is 0 Å². The minimum Gasteiger partial charge on any atom is -0.492 e. The van der Waals surface area contributed by atoms with Crippen LogP contribution in [-0.2, 0) is 19.6 Å². The van der Waals surface area contributed by atoms with Crippen LogP contribution in [0.1, 0.15) is 22.8 Å². The number of esters is 1. The monoisotopic (exact) mass is 528 g/mol. The third kappa shape index (κ3) is 6.19. The van der Waals surface area contributed by atoms with Gasteiger partial charge in [-0.05, 0) is 74.2 Å². The Morgan fingerprint density at radius 1 is 1.03 bits per heavy atom. The van der Waals surface area contributed by atoms with Crippen LogP contribution < -0.4 is 14.4 Å². The van der Waals surface area contributed by atoms with Gasteiger partial charge in [0.05, 0.1) is 29.9 Å². The van der Waals surface area contributed by atoms with Crippen molar-refractivity contribution in [2.75, 3.05) is 36.1 Å². The Morgan fingerprint density at radius 2 is 1.72 bits per heavy atom. The second-order valence-electron chi connectivity index (χ2n) is 7.66. The number of hydrogen-bond acceptors (Lipinski definition) is 7. The van der Waals surface area contributed by atoms with E-state index in [4.69, 9.17) is 9.47 Å². The molecule has 0 atom stereocenters. The molecule has 10 heteroatoms. The number of carbonyl (C=O) groups excluding carboxylic acids is 2. The van der Waals surface area contributed by atoms with Crippen molar-refractivity contribution in [3.63, 3.8) is 0 Å². The van der Waals surface area contributed by atoms with Gasteiger partial charge in [0.1, 0.15) is 12.3 Å². The van der Waals surface area contributed by atoms with Crippen molar-refractivity contribution in [3.05, 3.63) is 77.9 Å². The van der Waals surface area contributed by atoms with E-state index >= 15 is 0 Å². The van der Waals surface area contributed by atoms with Gasteiger partial charge >= 0.3 is 5.97 Å². The van der Waals surface area contributed by atoms with Gasteiger partial charge in [0.25, 0.3) is 10.0 Å². The lowest BCUT2D eigenvalue weighted by Crippen LogP contribution is -2.38. The second-order valence-corrected chi connectivity index (χ2v) is 10.4. The highest BCUT2D eigenvalue weighted by Crippen LogP contribution is 2.33. The van der Waals surface area contributed by atoms with Crippen molar-refractivity contribution in [3.8, 4) is 5.75 Å². The molecule has 0 aliphatic heterocycles. The number of rotatable bonds is 10. The number of hydrogen-bond donors (Lipinski definition) is 1. The number of ether oxygens (including phenoxy) is 2. The molecule has 0 saturated heterocycles. The summed E-state index contributed by atoms with van der Waals surface area (Å²) in [5.41, 5.74) is 1.58. The van der Waals surface area contributed by atoms with E-state index in [-0.39, 0.29) is 16.1 Å². The Bertz CT molecular complexity index is 1340. The summed E-state index contributed by atoms with van der Waals surface area (Å²) in [6, 6.07) is 17.9. The van der Waals surface area contributed by atoms with Crippen LogP contribution in [0.5, 0.6) is 5.75 Å². The summed E-state index contributed by atoms with van der Waals surface area (Å²) in [6.45, 7) is 3.36. The summed E-state index contributed by atoms with van der Waals surface area (Å²) in [4.78, 5) is 26.0. The Hall–Kier alpha value is -3.50. The quantitative estimate of drug-likeness (QED) is 0.300. The normalized spacial score (nSPS) is 11.0. The number of benzene rings is 3. The van der Waals surface area contributed by atoms with Gasteiger partial charge in [-0.3, -0.25) is 9.10 Å². The molecule has 190 valence electrons. The fourth-order valence-corrected chi connectivity index (χ4v) is 5.28. The van der Waals surface area contributed by atoms with Crippen LogP contribution in [0.2, 0.25) is 0 Å². The molecule has 0 saturated carbocycles. The topological polar surface area (TPSA) is 102 Å². The van der Waals surface area contributed by atoms with E-state index in [2.05, 4.69) is 5.32 Å². The molecule has 0 fully saturated rings. The molecule has 0 aromatic heterocycles. The van der Waals surface area contributed by atoms with Gasteiger partial charge in [0.15, 0.2) is 0 Å². The first-order valence-electron chi connectivity index (χ1n) is 11.1. The molecule has 0 aliphatic rings. The van der Waals surface area contributed by atoms with Crippen LogP contribution in [0.15, 0.2) is 76.5 Å². The van der Waals surface area contributed by atoms with Gasteiger partial charge in [0, 0.05) is 10.6 Å². The number of aryl methyl sites for hydroxylation is 1. The van der Waals surface area contributed by atoms with E-state index in [9.17, 15) is 18.0 Å². The number of methoxy groups -OCH3 is 1. The maximum atomic E-state index is 13.7. The zero-order valence-corrected chi connectivity index (χ0v) is 22.1. The first-order chi connectivity index (χ1) is 17.2. The predicted molar refractivity (Wildman–Crippen MR) is 142 cm³/mol. The zero-order chi connectivity index (χ0) is 26.3. The fraction of sp³-hybridized carbons (Fsp3) is 0.231. The van der Waals surface area contributed by atoms with Crippen molar-refractivity contribution < 1.29 is 27.5 Å². The number of amides is 1. The van der Waals surface area contributed by atoms with Crippen LogP contribution in [0, 0.1) is 6.92 Å². The Labute approximate surface area is 215 Å². The number of sulfonamides is 1. The van der Waals surface area contributed by atoms with E-state index in [1.807, 2.05) is 6.26 Å². The number of para-hydroxylation sites is 2. The minimum absolute atomic E-state index is 0.0447. The molecular weight excluding hydrogens is 500 g/mol. The number of anilines is 2. The number of carbonyl (C=O) groups is 2. The molecular formula is C26H28N2O6S2. The van der Waals surface area contributed by atoms with Crippen LogP contribution in [0.4, 0.5) is 11.4 Å². The molecule has 0 spiro atoms. The highest BCUT2D eigenvalue weighted by atomic mass is 32.2. The first-order valence-corrected chi connectivity index (χ1v) is 13.7. The summed E-state index contributed by atoms with van der Waals surface area (Å²) in [5.74, 6) is -0.800. The molecule has 0 radical (unpaired) electrons. The zero-order valence-electron chi connectivity index (χ0n) is 20.5. The molecule has 1 amide bonds. The van der Waals surface area contributed by atoms with Gasteiger partial charge in [-0.1, -0.05) is 18.2 Å². The van der Waals surface area contributed by atoms with Gasteiger partial charge in [0.2, 0.25) is 5.91 Å². The standard InChI is InChI=1S/C26H28N2O6S2/c1-5-34-24-9-7-6-8-23(24)28(36(31,32)21-14-12-20(35-4)13-15-21)17-25(29)27-22-16-19(26(30)33-3)11-10-18(22)2/h6-16H,5,17H2,1-4H3,(H,27,29). The van der Waals surface area contributed by atoms with E-state index in [0.29, 0.717) is 23.6 Å². The number of thioether (sulfide) groups is 1. The summed E-state index contributed by atoms with van der Waals surface area (Å²) in [5, 5.41) is 2.73. The summed E-state index contributed by atoms with van der Waals surface area (Å²) in [6.07, 6.45) is 1.90. The van der Waals surface area contributed by atoms with Crippen molar-refractivity contribution >= 4 is 45.0 Å². The summed E-state index contributed by atoms with van der Waals surface area (Å²) in [7, 11) is -2.87. The lowest BCUT2D eigenvalue weighted by Gasteiger charge is -2.26. The Kier molecular flexibility index (Phi) is 9.00. The fourth-order valence-electron chi connectivity index (χ4n) is 3.44. The summed E-state index contributed by atoms with van der Waals surface area (Å²) < 4.78 is 38.9. The van der Waals surface area contributed by atoms with Crippen LogP contribution in [0.3, 0.4) is 0 Å². The molecule has 0 unspecified atom stereocenters. The number of nitrogens with zero attached hydrogens (tertiary/aromatic N) is 1. The van der Waals surface area contributed by atoms with Crippen molar-refractivity contribution in [2.45, 2.75) is 23.6 Å². The smallest absolute Gasteiger partial charge is 0.337 e. The van der Waals surface area contributed by atoms with E-state index in [1.54, 1.807) is 62.4 Å². The molecule has 0 heterocycles. The van der Waals surface area contributed by atoms with Gasteiger partial charge in [-0.2, -0.15) is 0 Å². The molecule has 0 aliphatic carbocycles. The van der Waals surface area contributed by atoms with E-state index < -0.39 is 28.4 Å². The average Bonchev–Trinajstić information content (AvgIpc) is 2.88. The third-order valence-corrected chi connectivity index (χ3v) is 7.82. The van der Waals surface area contributed by atoms with E-state index in [1.165, 1.54) is 37.1 Å². The van der Waals surface area contributed by atoms with E-state index in [0.717, 1.165) is 9.20 Å².